The van der Waals surface area contributed by atoms with Gasteiger partial charge in [0.1, 0.15) is 0 Å². The van der Waals surface area contributed by atoms with Crippen molar-refractivity contribution in [3.8, 4) is 0 Å². The predicted molar refractivity (Wildman–Crippen MR) is 121 cm³/mol. The minimum Gasteiger partial charge on any atom is -0.459 e. The van der Waals surface area contributed by atoms with E-state index in [1.807, 2.05) is 0 Å². The molecule has 1 amide bonds. The number of Topliss-reactive ketones (excluding diaryl/α,β-unsaturated/α-hetero) is 1. The van der Waals surface area contributed by atoms with Crippen LogP contribution in [0.5, 0.6) is 0 Å². The van der Waals surface area contributed by atoms with Gasteiger partial charge in [0.15, 0.2) is 5.78 Å². The van der Waals surface area contributed by atoms with Crippen LogP contribution < -0.4 is 5.32 Å². The third kappa shape index (κ3) is 7.00. The van der Waals surface area contributed by atoms with Gasteiger partial charge in [0.25, 0.3) is 0 Å². The smallest absolute Gasteiger partial charge is 0.338 e. The summed E-state index contributed by atoms with van der Waals surface area (Å²) in [4.78, 5) is 35.5. The van der Waals surface area contributed by atoms with Crippen LogP contribution in [0.1, 0.15) is 54.3 Å². The topological polar surface area (TPSA) is 110 Å². The summed E-state index contributed by atoms with van der Waals surface area (Å²) in [7, 11) is -2.27. The SMILES string of the molecule is CC(=O)c1ccc(S(=O)(=O)N(C)CCCC(=O)Nc2ccc(C(=O)OC(C)C)cc2)cc1. The minimum absolute atomic E-state index is 0.0885. The van der Waals surface area contributed by atoms with Gasteiger partial charge >= 0.3 is 5.97 Å². The number of sulfonamides is 1. The second kappa shape index (κ2) is 11.0. The molecule has 1 N–H and O–H groups in total. The molecule has 0 aliphatic carbocycles. The highest BCUT2D eigenvalue weighted by molar-refractivity contribution is 7.89. The van der Waals surface area contributed by atoms with Crippen LogP contribution in [0.3, 0.4) is 0 Å². The van der Waals surface area contributed by atoms with Gasteiger partial charge in [0, 0.05) is 31.3 Å². The van der Waals surface area contributed by atoms with Crippen molar-refractivity contribution < 1.29 is 27.5 Å². The highest BCUT2D eigenvalue weighted by atomic mass is 32.2. The molecule has 0 radical (unpaired) electrons. The number of carbonyl (C=O) groups excluding carboxylic acids is 3. The first kappa shape index (κ1) is 25.2. The van der Waals surface area contributed by atoms with Crippen LogP contribution in [0.2, 0.25) is 0 Å². The zero-order valence-corrected chi connectivity index (χ0v) is 19.4. The highest BCUT2D eigenvalue weighted by Crippen LogP contribution is 2.17. The molecule has 0 aliphatic rings. The van der Waals surface area contributed by atoms with Crippen molar-refractivity contribution in [2.24, 2.45) is 0 Å². The number of benzene rings is 2. The number of ether oxygens (including phenoxy) is 1. The predicted octanol–water partition coefficient (Wildman–Crippen LogP) is 3.49. The number of nitrogens with zero attached hydrogens (tertiary/aromatic N) is 1. The lowest BCUT2D eigenvalue weighted by Crippen LogP contribution is -2.28. The van der Waals surface area contributed by atoms with Gasteiger partial charge in [-0.15, -0.1) is 0 Å². The molecule has 0 saturated heterocycles. The summed E-state index contributed by atoms with van der Waals surface area (Å²) in [6.45, 7) is 5.10. The summed E-state index contributed by atoms with van der Waals surface area (Å²) in [5.74, 6) is -0.837. The number of rotatable bonds is 10. The Morgan fingerprint density at radius 2 is 1.53 bits per heavy atom. The summed E-state index contributed by atoms with van der Waals surface area (Å²) >= 11 is 0. The Morgan fingerprint density at radius 1 is 0.969 bits per heavy atom. The van der Waals surface area contributed by atoms with Crippen LogP contribution in [-0.4, -0.2) is 50.1 Å². The van der Waals surface area contributed by atoms with E-state index in [9.17, 15) is 22.8 Å². The number of amides is 1. The van der Waals surface area contributed by atoms with E-state index >= 15 is 0 Å². The molecular weight excluding hydrogens is 432 g/mol. The molecule has 0 aliphatic heterocycles. The van der Waals surface area contributed by atoms with Crippen molar-refractivity contribution >= 4 is 33.4 Å². The van der Waals surface area contributed by atoms with Crippen LogP contribution in [0, 0.1) is 0 Å². The Morgan fingerprint density at radius 3 is 2.06 bits per heavy atom. The van der Waals surface area contributed by atoms with E-state index in [0.29, 0.717) is 23.2 Å². The van der Waals surface area contributed by atoms with Gasteiger partial charge in [0.2, 0.25) is 15.9 Å². The molecule has 2 aromatic carbocycles. The average molecular weight is 461 g/mol. The lowest BCUT2D eigenvalue weighted by atomic mass is 10.2. The van der Waals surface area contributed by atoms with Crippen LogP contribution >= 0.6 is 0 Å². The van der Waals surface area contributed by atoms with Crippen molar-refractivity contribution in [2.45, 2.75) is 44.6 Å². The van der Waals surface area contributed by atoms with E-state index in [1.54, 1.807) is 38.1 Å². The Balaban J connectivity index is 1.85. The van der Waals surface area contributed by atoms with Crippen molar-refractivity contribution in [3.05, 3.63) is 59.7 Å². The minimum atomic E-state index is -3.71. The first-order chi connectivity index (χ1) is 15.0. The lowest BCUT2D eigenvalue weighted by molar-refractivity contribution is -0.116. The molecule has 2 rings (SSSR count). The van der Waals surface area contributed by atoms with Crippen LogP contribution in [0.4, 0.5) is 5.69 Å². The Hall–Kier alpha value is -3.04. The largest absolute Gasteiger partial charge is 0.459 e. The number of anilines is 1. The maximum Gasteiger partial charge on any atom is 0.338 e. The second-order valence-corrected chi connectivity index (χ2v) is 9.64. The molecule has 0 spiro atoms. The molecule has 9 heteroatoms. The van der Waals surface area contributed by atoms with Gasteiger partial charge in [-0.2, -0.15) is 0 Å². The van der Waals surface area contributed by atoms with Crippen molar-refractivity contribution in [1.29, 1.82) is 0 Å². The maximum absolute atomic E-state index is 12.6. The maximum atomic E-state index is 12.6. The molecule has 0 atom stereocenters. The normalized spacial score (nSPS) is 11.4. The van der Waals surface area contributed by atoms with Crippen LogP contribution in [0.15, 0.2) is 53.4 Å². The summed E-state index contributed by atoms with van der Waals surface area (Å²) in [6, 6.07) is 12.1. The number of nitrogens with one attached hydrogen (secondary N) is 1. The second-order valence-electron chi connectivity index (χ2n) is 7.59. The van der Waals surface area contributed by atoms with E-state index < -0.39 is 16.0 Å². The number of hydrogen-bond donors (Lipinski definition) is 1. The zero-order valence-electron chi connectivity index (χ0n) is 18.6. The third-order valence-electron chi connectivity index (χ3n) is 4.59. The molecule has 0 bridgehead atoms. The van der Waals surface area contributed by atoms with Gasteiger partial charge in [-0.3, -0.25) is 9.59 Å². The first-order valence-electron chi connectivity index (χ1n) is 10.2. The third-order valence-corrected chi connectivity index (χ3v) is 6.46. The number of esters is 1. The van der Waals surface area contributed by atoms with E-state index in [0.717, 1.165) is 0 Å². The fraction of sp³-hybridized carbons (Fsp3) is 0.348. The molecule has 8 nitrogen and oxygen atoms in total. The Labute approximate surface area is 188 Å². The van der Waals surface area contributed by atoms with Gasteiger partial charge in [-0.25, -0.2) is 17.5 Å². The summed E-state index contributed by atoms with van der Waals surface area (Å²) in [5.41, 5.74) is 1.36. The van der Waals surface area contributed by atoms with Crippen LogP contribution in [-0.2, 0) is 19.6 Å². The Kier molecular flexibility index (Phi) is 8.68. The highest BCUT2D eigenvalue weighted by Gasteiger charge is 2.21. The monoisotopic (exact) mass is 460 g/mol. The summed E-state index contributed by atoms with van der Waals surface area (Å²) in [5, 5.41) is 2.72. The van der Waals surface area contributed by atoms with E-state index in [2.05, 4.69) is 5.32 Å². The zero-order chi connectivity index (χ0) is 23.9. The molecule has 0 aromatic heterocycles. The lowest BCUT2D eigenvalue weighted by Gasteiger charge is -2.17. The quantitative estimate of drug-likeness (QED) is 0.429. The van der Waals surface area contributed by atoms with Gasteiger partial charge in [-0.1, -0.05) is 12.1 Å². The van der Waals surface area contributed by atoms with Crippen LogP contribution in [0.25, 0.3) is 0 Å². The van der Waals surface area contributed by atoms with Crippen molar-refractivity contribution in [1.82, 2.24) is 4.31 Å². The average Bonchev–Trinajstić information content (AvgIpc) is 2.73. The van der Waals surface area contributed by atoms with Gasteiger partial charge < -0.3 is 10.1 Å². The molecule has 172 valence electrons. The molecule has 2 aromatic rings. The summed E-state index contributed by atoms with van der Waals surface area (Å²) < 4.78 is 31.6. The molecule has 0 fully saturated rings. The van der Waals surface area contributed by atoms with E-state index in [1.165, 1.54) is 42.5 Å². The summed E-state index contributed by atoms with van der Waals surface area (Å²) in [6.07, 6.45) is 0.232. The van der Waals surface area contributed by atoms with Gasteiger partial charge in [0.05, 0.1) is 16.6 Å². The molecule has 0 unspecified atom stereocenters. The Bertz CT molecular complexity index is 1060. The van der Waals surface area contributed by atoms with Crippen molar-refractivity contribution in [3.63, 3.8) is 0 Å². The molecule has 0 saturated carbocycles. The molecular formula is C23H28N2O6S. The fourth-order valence-corrected chi connectivity index (χ4v) is 4.03. The van der Waals surface area contributed by atoms with E-state index in [4.69, 9.17) is 4.74 Å². The number of ketones is 1. The molecule has 32 heavy (non-hydrogen) atoms. The fourth-order valence-electron chi connectivity index (χ4n) is 2.82. The number of hydrogen-bond acceptors (Lipinski definition) is 6. The number of carbonyl (C=O) groups is 3. The van der Waals surface area contributed by atoms with Crippen molar-refractivity contribution in [2.75, 3.05) is 18.9 Å². The van der Waals surface area contributed by atoms with E-state index in [-0.39, 0.29) is 35.7 Å². The standard InChI is InChI=1S/C23H28N2O6S/c1-16(2)31-23(28)19-7-11-20(12-8-19)24-22(27)6-5-15-25(4)32(29,30)21-13-9-18(10-14-21)17(3)26/h7-14,16H,5-6,15H2,1-4H3,(H,24,27). The molecule has 0 heterocycles. The van der Waals surface area contributed by atoms with Gasteiger partial charge in [-0.05, 0) is 63.6 Å². The first-order valence-corrected chi connectivity index (χ1v) is 11.6.